The fourth-order valence-corrected chi connectivity index (χ4v) is 3.84. The molecule has 0 unspecified atom stereocenters. The van der Waals surface area contributed by atoms with E-state index in [0.717, 1.165) is 25.7 Å². The molecule has 1 saturated carbocycles. The average molecular weight is 323 g/mol. The number of hydrogen-bond donors (Lipinski definition) is 2. The van der Waals surface area contributed by atoms with Gasteiger partial charge in [-0.15, -0.1) is 0 Å². The van der Waals surface area contributed by atoms with Crippen LogP contribution in [-0.4, -0.2) is 44.9 Å². The molecule has 3 heterocycles. The number of ether oxygens (including phenoxy) is 3. The Hall–Kier alpha value is -1.48. The Morgan fingerprint density at radius 2 is 2.13 bits per heavy atom. The number of aliphatic hydroxyl groups is 1. The molecule has 1 aromatic heterocycles. The van der Waals surface area contributed by atoms with E-state index in [1.807, 2.05) is 0 Å². The molecule has 23 heavy (non-hydrogen) atoms. The van der Waals surface area contributed by atoms with E-state index in [1.165, 1.54) is 10.6 Å². The van der Waals surface area contributed by atoms with Gasteiger partial charge >= 0.3 is 5.69 Å². The summed E-state index contributed by atoms with van der Waals surface area (Å²) in [6, 6.07) is 1.54. The Labute approximate surface area is 133 Å². The summed E-state index contributed by atoms with van der Waals surface area (Å²) >= 11 is 0. The minimum Gasteiger partial charge on any atom is -0.393 e. The number of aliphatic hydroxyl groups excluding tert-OH is 1. The molecule has 4 atom stereocenters. The lowest BCUT2D eigenvalue weighted by Gasteiger charge is -2.31. The van der Waals surface area contributed by atoms with Crippen molar-refractivity contribution in [2.75, 3.05) is 12.3 Å². The molecule has 126 valence electrons. The summed E-state index contributed by atoms with van der Waals surface area (Å²) in [7, 11) is 0. The zero-order valence-corrected chi connectivity index (χ0v) is 13.0. The van der Waals surface area contributed by atoms with Crippen LogP contribution in [0, 0.1) is 0 Å². The number of hydrogen-bond acceptors (Lipinski definition) is 7. The van der Waals surface area contributed by atoms with Crippen LogP contribution in [0.15, 0.2) is 17.1 Å². The van der Waals surface area contributed by atoms with Crippen molar-refractivity contribution in [3.8, 4) is 0 Å². The Morgan fingerprint density at radius 3 is 2.78 bits per heavy atom. The van der Waals surface area contributed by atoms with Crippen LogP contribution in [0.2, 0.25) is 0 Å². The van der Waals surface area contributed by atoms with Crippen molar-refractivity contribution in [2.24, 2.45) is 0 Å². The maximum absolute atomic E-state index is 12.2. The van der Waals surface area contributed by atoms with Crippen LogP contribution in [0.3, 0.4) is 0 Å². The Kier molecular flexibility index (Phi) is 3.28. The first-order chi connectivity index (χ1) is 11.0. The molecule has 2 aliphatic heterocycles. The van der Waals surface area contributed by atoms with Gasteiger partial charge in [-0.05, 0) is 25.8 Å². The number of nitrogens with two attached hydrogens (primary N) is 1. The predicted molar refractivity (Wildman–Crippen MR) is 79.5 cm³/mol. The van der Waals surface area contributed by atoms with E-state index in [0.29, 0.717) is 0 Å². The molecule has 1 aliphatic carbocycles. The second kappa shape index (κ2) is 5.01. The summed E-state index contributed by atoms with van der Waals surface area (Å²) in [6.45, 7) is 1.55. The molecule has 2 saturated heterocycles. The summed E-state index contributed by atoms with van der Waals surface area (Å²) in [5.74, 6) is -0.458. The van der Waals surface area contributed by atoms with Crippen LogP contribution in [0.4, 0.5) is 5.82 Å². The molecular formula is C15H21N3O5. The highest BCUT2D eigenvalue weighted by atomic mass is 16.8. The highest BCUT2D eigenvalue weighted by Gasteiger charge is 2.63. The topological polar surface area (TPSA) is 109 Å². The molecule has 3 aliphatic rings. The average Bonchev–Trinajstić information content (AvgIpc) is 3.19. The first kappa shape index (κ1) is 15.1. The molecule has 1 aromatic rings. The number of nitrogens with zero attached hydrogens (tertiary/aromatic N) is 2. The van der Waals surface area contributed by atoms with Gasteiger partial charge in [-0.25, -0.2) is 4.79 Å². The van der Waals surface area contributed by atoms with Gasteiger partial charge in [0.05, 0.1) is 6.61 Å². The van der Waals surface area contributed by atoms with Crippen LogP contribution in [0.25, 0.3) is 0 Å². The van der Waals surface area contributed by atoms with E-state index >= 15 is 0 Å². The van der Waals surface area contributed by atoms with Gasteiger partial charge in [0.15, 0.2) is 12.0 Å². The summed E-state index contributed by atoms with van der Waals surface area (Å²) in [5.41, 5.74) is 4.11. The van der Waals surface area contributed by atoms with Crippen molar-refractivity contribution in [3.63, 3.8) is 0 Å². The molecule has 0 radical (unpaired) electrons. The molecular weight excluding hydrogens is 302 g/mol. The molecule has 0 bridgehead atoms. The zero-order chi connectivity index (χ0) is 16.2. The fraction of sp³-hybridized carbons (Fsp3) is 0.733. The summed E-state index contributed by atoms with van der Waals surface area (Å²) < 4.78 is 19.7. The third-order valence-corrected chi connectivity index (χ3v) is 5.07. The second-order valence-electron chi connectivity index (χ2n) is 6.76. The van der Waals surface area contributed by atoms with Gasteiger partial charge in [0.2, 0.25) is 0 Å². The zero-order valence-electron chi connectivity index (χ0n) is 13.0. The minimum absolute atomic E-state index is 0.154. The van der Waals surface area contributed by atoms with Crippen LogP contribution < -0.4 is 11.4 Å². The van der Waals surface area contributed by atoms with E-state index in [9.17, 15) is 9.90 Å². The second-order valence-corrected chi connectivity index (χ2v) is 6.76. The van der Waals surface area contributed by atoms with Crippen molar-refractivity contribution < 1.29 is 19.3 Å². The van der Waals surface area contributed by atoms with Gasteiger partial charge in [0.25, 0.3) is 0 Å². The molecule has 0 aromatic carbocycles. The van der Waals surface area contributed by atoms with E-state index in [4.69, 9.17) is 19.9 Å². The van der Waals surface area contributed by atoms with Gasteiger partial charge in [0, 0.05) is 19.0 Å². The summed E-state index contributed by atoms with van der Waals surface area (Å²) in [5, 5.41) is 9.80. The van der Waals surface area contributed by atoms with E-state index < -0.39 is 35.5 Å². The number of aromatic nitrogens is 2. The molecule has 8 nitrogen and oxygen atoms in total. The third kappa shape index (κ3) is 2.20. The lowest BCUT2D eigenvalue weighted by atomic mass is 9.98. The SMILES string of the molecule is C[C@]1(CO)O[C@@H](n2ccc(N)nc2=O)[C@@H]2OC3(CCCC3)O[C@@H]21. The number of anilines is 1. The third-order valence-electron chi connectivity index (χ3n) is 5.07. The monoisotopic (exact) mass is 323 g/mol. The van der Waals surface area contributed by atoms with Crippen LogP contribution >= 0.6 is 0 Å². The highest BCUT2D eigenvalue weighted by molar-refractivity contribution is 5.23. The first-order valence-electron chi connectivity index (χ1n) is 7.95. The van der Waals surface area contributed by atoms with E-state index in [2.05, 4.69) is 4.98 Å². The molecule has 3 fully saturated rings. The predicted octanol–water partition coefficient (Wildman–Crippen LogP) is 0.160. The highest BCUT2D eigenvalue weighted by Crippen LogP contribution is 2.52. The smallest absolute Gasteiger partial charge is 0.351 e. The number of fused-ring (bicyclic) bond motifs is 1. The Bertz CT molecular complexity index is 671. The molecule has 0 amide bonds. The molecule has 3 N–H and O–H groups in total. The molecule has 4 rings (SSSR count). The van der Waals surface area contributed by atoms with Crippen molar-refractivity contribution >= 4 is 5.82 Å². The van der Waals surface area contributed by atoms with Crippen LogP contribution in [0.1, 0.15) is 38.8 Å². The van der Waals surface area contributed by atoms with Gasteiger partial charge in [-0.2, -0.15) is 4.98 Å². The Balaban J connectivity index is 1.72. The quantitative estimate of drug-likeness (QED) is 0.798. The standard InChI is InChI=1S/C15H21N3O5/c1-14(8-19)11-10(21-15(22-11)5-2-3-6-15)12(23-14)18-7-4-9(16)17-13(18)20/h4,7,10-12,19H,2-3,5-6,8H2,1H3,(H2,16,17,20)/t10-,11+,12-,14-/m1/s1. The van der Waals surface area contributed by atoms with Gasteiger partial charge in [-0.1, -0.05) is 0 Å². The first-order valence-corrected chi connectivity index (χ1v) is 7.95. The molecule has 8 heteroatoms. The van der Waals surface area contributed by atoms with Crippen molar-refractivity contribution in [1.29, 1.82) is 0 Å². The van der Waals surface area contributed by atoms with Crippen LogP contribution in [-0.2, 0) is 14.2 Å². The van der Waals surface area contributed by atoms with Crippen molar-refractivity contribution in [2.45, 2.75) is 62.4 Å². The normalized spacial score (nSPS) is 38.3. The lowest BCUT2D eigenvalue weighted by molar-refractivity contribution is -0.235. The fourth-order valence-electron chi connectivity index (χ4n) is 3.84. The van der Waals surface area contributed by atoms with E-state index in [-0.39, 0.29) is 12.4 Å². The summed E-state index contributed by atoms with van der Waals surface area (Å²) in [4.78, 5) is 15.9. The van der Waals surface area contributed by atoms with Gasteiger partial charge in [0.1, 0.15) is 23.6 Å². The maximum Gasteiger partial charge on any atom is 0.351 e. The van der Waals surface area contributed by atoms with Gasteiger partial charge in [-0.3, -0.25) is 4.57 Å². The summed E-state index contributed by atoms with van der Waals surface area (Å²) in [6.07, 6.45) is 3.69. The number of nitrogen functional groups attached to an aromatic ring is 1. The van der Waals surface area contributed by atoms with Crippen molar-refractivity contribution in [1.82, 2.24) is 9.55 Å². The van der Waals surface area contributed by atoms with Gasteiger partial charge < -0.3 is 25.1 Å². The van der Waals surface area contributed by atoms with Crippen molar-refractivity contribution in [3.05, 3.63) is 22.7 Å². The minimum atomic E-state index is -0.928. The lowest BCUT2D eigenvalue weighted by Crippen LogP contribution is -2.44. The maximum atomic E-state index is 12.2. The van der Waals surface area contributed by atoms with Crippen LogP contribution in [0.5, 0.6) is 0 Å². The Morgan fingerprint density at radius 1 is 1.39 bits per heavy atom. The largest absolute Gasteiger partial charge is 0.393 e. The number of rotatable bonds is 2. The van der Waals surface area contributed by atoms with E-state index in [1.54, 1.807) is 13.1 Å². The molecule has 1 spiro atoms.